The van der Waals surface area contributed by atoms with Crippen molar-refractivity contribution in [3.05, 3.63) is 52.6 Å². The maximum atomic E-state index is 14.7. The number of halogens is 2. The van der Waals surface area contributed by atoms with E-state index in [4.69, 9.17) is 9.47 Å². The first-order chi connectivity index (χ1) is 19.5. The average molecular weight is 558 g/mol. The van der Waals surface area contributed by atoms with Crippen LogP contribution in [0.4, 0.5) is 14.5 Å². The van der Waals surface area contributed by atoms with Gasteiger partial charge in [-0.1, -0.05) is 84.1 Å². The topological polar surface area (TPSA) is 33.5 Å². The van der Waals surface area contributed by atoms with Gasteiger partial charge in [0.15, 0.2) is 23.8 Å². The number of hydrogen-bond acceptors (Lipinski definition) is 3. The lowest BCUT2D eigenvalue weighted by atomic mass is 9.90. The highest BCUT2D eigenvalue weighted by molar-refractivity contribution is 6.01. The second-order valence-electron chi connectivity index (χ2n) is 11.0. The number of ether oxygens (including phenoxy) is 2. The van der Waals surface area contributed by atoms with E-state index in [0.29, 0.717) is 12.3 Å². The van der Waals surface area contributed by atoms with Gasteiger partial charge in [-0.05, 0) is 36.6 Å². The first-order valence-electron chi connectivity index (χ1n) is 15.6. The highest BCUT2D eigenvalue weighted by atomic mass is 19.1. The summed E-state index contributed by atoms with van der Waals surface area (Å²) in [5, 5.41) is 3.70. The standard InChI is InChI=1S/C34H51F2N2O2/c1-5-7-9-11-12-14-16-22-37-33-26-21-23-38(25-28-29(35)18-17-19-30(28)36)31(20-15-13-10-8-6-2)27(26)24-32(39-3)34(33)40-4/h17-19,24,37H,5-16,20-23,25H2,1-4H3/q+1. The predicted octanol–water partition coefficient (Wildman–Crippen LogP) is 9.06. The van der Waals surface area contributed by atoms with E-state index in [9.17, 15) is 8.78 Å². The van der Waals surface area contributed by atoms with Crippen LogP contribution in [0, 0.1) is 11.6 Å². The molecular weight excluding hydrogens is 506 g/mol. The SMILES string of the molecule is CCCCCCCCCNc1c2c(cc(OC)c1OC)C(CCCCCCC)=[N+](Cc1c(F)cccc1F)CC2. The van der Waals surface area contributed by atoms with Crippen LogP contribution in [0.1, 0.15) is 114 Å². The van der Waals surface area contributed by atoms with Crippen LogP contribution in [-0.2, 0) is 13.0 Å². The molecule has 1 aliphatic heterocycles. The fourth-order valence-corrected chi connectivity index (χ4v) is 5.82. The molecule has 1 aliphatic rings. The Morgan fingerprint density at radius 2 is 1.45 bits per heavy atom. The van der Waals surface area contributed by atoms with Crippen molar-refractivity contribution in [1.29, 1.82) is 0 Å². The maximum absolute atomic E-state index is 14.7. The van der Waals surface area contributed by atoms with E-state index in [1.807, 2.05) is 0 Å². The van der Waals surface area contributed by atoms with Gasteiger partial charge in [-0.3, -0.25) is 0 Å². The molecule has 0 saturated carbocycles. The summed E-state index contributed by atoms with van der Waals surface area (Å²) in [4.78, 5) is 0. The Hall–Kier alpha value is -2.63. The Labute approximate surface area is 241 Å². The van der Waals surface area contributed by atoms with Crippen molar-refractivity contribution in [3.8, 4) is 11.5 Å². The zero-order valence-corrected chi connectivity index (χ0v) is 25.3. The molecule has 2 aromatic carbocycles. The van der Waals surface area contributed by atoms with Crippen molar-refractivity contribution < 1.29 is 22.8 Å². The molecule has 0 fully saturated rings. The predicted molar refractivity (Wildman–Crippen MR) is 162 cm³/mol. The minimum Gasteiger partial charge on any atom is -0.493 e. The fourth-order valence-electron chi connectivity index (χ4n) is 5.82. The van der Waals surface area contributed by atoms with E-state index in [1.54, 1.807) is 14.2 Å². The highest BCUT2D eigenvalue weighted by Crippen LogP contribution is 2.42. The third-order valence-electron chi connectivity index (χ3n) is 8.11. The molecule has 0 saturated heterocycles. The molecule has 1 N–H and O–H groups in total. The van der Waals surface area contributed by atoms with E-state index in [1.165, 1.54) is 81.5 Å². The number of nitrogens with one attached hydrogen (secondary N) is 1. The van der Waals surface area contributed by atoms with Crippen LogP contribution >= 0.6 is 0 Å². The third kappa shape index (κ3) is 8.68. The quantitative estimate of drug-likeness (QED) is 0.138. The lowest BCUT2D eigenvalue weighted by molar-refractivity contribution is -0.546. The number of methoxy groups -OCH3 is 2. The summed E-state index contributed by atoms with van der Waals surface area (Å²) in [5.74, 6) is 0.445. The molecule has 0 amide bonds. The van der Waals surface area contributed by atoms with Gasteiger partial charge in [-0.25, -0.2) is 13.4 Å². The number of anilines is 1. The second kappa shape index (κ2) is 17.2. The zero-order chi connectivity index (χ0) is 28.7. The molecular formula is C34H51F2N2O2+. The van der Waals surface area contributed by atoms with Crippen LogP contribution in [0.25, 0.3) is 0 Å². The zero-order valence-electron chi connectivity index (χ0n) is 25.3. The Bertz CT molecular complexity index is 1080. The summed E-state index contributed by atoms with van der Waals surface area (Å²) < 4.78 is 43.2. The smallest absolute Gasteiger partial charge is 0.184 e. The molecule has 0 atom stereocenters. The lowest BCUT2D eigenvalue weighted by Crippen LogP contribution is -2.31. The van der Waals surface area contributed by atoms with Gasteiger partial charge in [0, 0.05) is 19.4 Å². The van der Waals surface area contributed by atoms with Crippen molar-refractivity contribution >= 4 is 11.4 Å². The van der Waals surface area contributed by atoms with Crippen molar-refractivity contribution in [2.24, 2.45) is 0 Å². The second-order valence-corrected chi connectivity index (χ2v) is 11.0. The lowest BCUT2D eigenvalue weighted by Gasteiger charge is -2.25. The summed E-state index contributed by atoms with van der Waals surface area (Å²) in [6.45, 7) is 6.26. The highest BCUT2D eigenvalue weighted by Gasteiger charge is 2.32. The first-order valence-corrected chi connectivity index (χ1v) is 15.6. The van der Waals surface area contributed by atoms with Crippen LogP contribution in [0.2, 0.25) is 0 Å². The third-order valence-corrected chi connectivity index (χ3v) is 8.11. The average Bonchev–Trinajstić information content (AvgIpc) is 2.96. The Morgan fingerprint density at radius 3 is 2.08 bits per heavy atom. The molecule has 0 aliphatic carbocycles. The summed E-state index contributed by atoms with van der Waals surface area (Å²) in [6, 6.07) is 6.19. The largest absolute Gasteiger partial charge is 0.493 e. The molecule has 0 unspecified atom stereocenters. The van der Waals surface area contributed by atoms with E-state index >= 15 is 0 Å². The Kier molecular flexibility index (Phi) is 13.7. The van der Waals surface area contributed by atoms with Crippen molar-refractivity contribution in [2.45, 2.75) is 110 Å². The number of rotatable bonds is 19. The van der Waals surface area contributed by atoms with Crippen LogP contribution in [-0.4, -0.2) is 37.6 Å². The molecule has 1 heterocycles. The summed E-state index contributed by atoms with van der Waals surface area (Å²) >= 11 is 0. The van der Waals surface area contributed by atoms with Gasteiger partial charge < -0.3 is 14.8 Å². The van der Waals surface area contributed by atoms with Gasteiger partial charge in [0.05, 0.1) is 31.0 Å². The van der Waals surface area contributed by atoms with Gasteiger partial charge in [0.25, 0.3) is 0 Å². The van der Waals surface area contributed by atoms with Crippen LogP contribution in [0.5, 0.6) is 11.5 Å². The number of fused-ring (bicyclic) bond motifs is 1. The molecule has 2 aromatic rings. The molecule has 0 spiro atoms. The van der Waals surface area contributed by atoms with Gasteiger partial charge in [-0.15, -0.1) is 0 Å². The number of benzene rings is 2. The van der Waals surface area contributed by atoms with Crippen LogP contribution < -0.4 is 14.8 Å². The molecule has 40 heavy (non-hydrogen) atoms. The molecule has 6 heteroatoms. The van der Waals surface area contributed by atoms with Crippen molar-refractivity contribution in [2.75, 3.05) is 32.6 Å². The molecule has 0 bridgehead atoms. The summed E-state index contributed by atoms with van der Waals surface area (Å²) in [5.41, 5.74) is 4.60. The van der Waals surface area contributed by atoms with Gasteiger partial charge >= 0.3 is 0 Å². The number of hydrogen-bond donors (Lipinski definition) is 1. The van der Waals surface area contributed by atoms with Gasteiger partial charge in [-0.2, -0.15) is 0 Å². The first kappa shape index (κ1) is 31.9. The van der Waals surface area contributed by atoms with Crippen molar-refractivity contribution in [3.63, 3.8) is 0 Å². The summed E-state index contributed by atoms with van der Waals surface area (Å²) in [6.07, 6.45) is 16.3. The van der Waals surface area contributed by atoms with Crippen LogP contribution in [0.3, 0.4) is 0 Å². The Morgan fingerprint density at radius 1 is 0.825 bits per heavy atom. The number of unbranched alkanes of at least 4 members (excludes halogenated alkanes) is 10. The minimum absolute atomic E-state index is 0.132. The minimum atomic E-state index is -0.488. The monoisotopic (exact) mass is 557 g/mol. The maximum Gasteiger partial charge on any atom is 0.184 e. The van der Waals surface area contributed by atoms with E-state index in [-0.39, 0.29) is 12.1 Å². The van der Waals surface area contributed by atoms with E-state index in [0.717, 1.165) is 61.4 Å². The molecule has 4 nitrogen and oxygen atoms in total. The van der Waals surface area contributed by atoms with Crippen molar-refractivity contribution in [1.82, 2.24) is 0 Å². The fraction of sp³-hybridized carbons (Fsp3) is 0.618. The molecule has 3 rings (SSSR count). The van der Waals surface area contributed by atoms with E-state index < -0.39 is 11.6 Å². The van der Waals surface area contributed by atoms with Gasteiger partial charge in [0.1, 0.15) is 18.2 Å². The Balaban J connectivity index is 1.91. The summed E-state index contributed by atoms with van der Waals surface area (Å²) in [7, 11) is 3.36. The van der Waals surface area contributed by atoms with Gasteiger partial charge in [0.2, 0.25) is 0 Å². The van der Waals surface area contributed by atoms with Crippen LogP contribution in [0.15, 0.2) is 24.3 Å². The molecule has 0 aromatic heterocycles. The normalized spacial score (nSPS) is 12.9. The number of nitrogens with zero attached hydrogens (tertiary/aromatic N) is 1. The molecule has 0 radical (unpaired) electrons. The molecule has 222 valence electrons. The van der Waals surface area contributed by atoms with E-state index in [2.05, 4.69) is 29.8 Å².